The van der Waals surface area contributed by atoms with Gasteiger partial charge in [-0.15, -0.1) is 12.6 Å². The molecule has 0 fully saturated rings. The van der Waals surface area contributed by atoms with Crippen LogP contribution in [0, 0.1) is 0 Å². The number of nitrogens with zero attached hydrogens (tertiary/aromatic N) is 3. The average molecular weight is 406 g/mol. The van der Waals surface area contributed by atoms with Crippen molar-refractivity contribution in [3.63, 3.8) is 0 Å². The zero-order chi connectivity index (χ0) is 20.1. The van der Waals surface area contributed by atoms with E-state index in [4.69, 9.17) is 17.6 Å². The molecule has 1 unspecified atom stereocenters. The zero-order valence-electron chi connectivity index (χ0n) is 16.2. The van der Waals surface area contributed by atoms with E-state index in [0.29, 0.717) is 0 Å². The molecule has 0 aliphatic carbocycles. The van der Waals surface area contributed by atoms with Crippen LogP contribution >= 0.6 is 12.6 Å². The number of aromatic nitrogens is 2. The van der Waals surface area contributed by atoms with Crippen LogP contribution in [-0.4, -0.2) is 9.55 Å². The second-order valence-corrected chi connectivity index (χ2v) is 7.91. The number of thiol groups is 1. The fourth-order valence-corrected chi connectivity index (χ4v) is 4.80. The highest BCUT2D eigenvalue weighted by Gasteiger charge is 2.32. The maximum Gasteiger partial charge on any atom is 0.157 e. The summed E-state index contributed by atoms with van der Waals surface area (Å²) in [5, 5.41) is 0. The van der Waals surface area contributed by atoms with E-state index >= 15 is 0 Å². The first-order chi connectivity index (χ1) is 14.8. The van der Waals surface area contributed by atoms with Crippen LogP contribution in [0.5, 0.6) is 0 Å². The molecule has 144 valence electrons. The van der Waals surface area contributed by atoms with E-state index in [1.54, 1.807) is 0 Å². The summed E-state index contributed by atoms with van der Waals surface area (Å²) in [5.74, 6) is 0.955. The third-order valence-corrected chi connectivity index (χ3v) is 6.16. The van der Waals surface area contributed by atoms with Crippen LogP contribution in [0.1, 0.15) is 5.50 Å². The Labute approximate surface area is 180 Å². The molecule has 1 atom stereocenters. The molecule has 5 aromatic rings. The van der Waals surface area contributed by atoms with Crippen LogP contribution in [-0.2, 0) is 0 Å². The van der Waals surface area contributed by atoms with Crippen molar-refractivity contribution in [2.24, 2.45) is 0 Å². The summed E-state index contributed by atoms with van der Waals surface area (Å²) in [6.45, 7) is 0. The van der Waals surface area contributed by atoms with Crippen molar-refractivity contribution < 1.29 is 0 Å². The number of hydrogen-bond acceptors (Lipinski definition) is 3. The Hall–Kier alpha value is -3.50. The SMILES string of the molecule is SC1N(c2ccccc2)c2ccc(-c3ccccc3)cc2-c2nc3ccccc3n21. The van der Waals surface area contributed by atoms with Crippen LogP contribution in [0.2, 0.25) is 0 Å². The van der Waals surface area contributed by atoms with Crippen LogP contribution in [0.15, 0.2) is 103 Å². The normalized spacial score (nSPS) is 15.1. The number of para-hydroxylation sites is 3. The van der Waals surface area contributed by atoms with E-state index in [1.165, 1.54) is 11.1 Å². The Morgan fingerprint density at radius 2 is 1.40 bits per heavy atom. The van der Waals surface area contributed by atoms with E-state index in [1.807, 2.05) is 18.2 Å². The van der Waals surface area contributed by atoms with Crippen molar-refractivity contribution in [1.82, 2.24) is 9.55 Å². The quantitative estimate of drug-likeness (QED) is 0.322. The first kappa shape index (κ1) is 17.4. The Morgan fingerprint density at radius 3 is 2.20 bits per heavy atom. The lowest BCUT2D eigenvalue weighted by Crippen LogP contribution is -2.29. The molecule has 0 saturated carbocycles. The Morgan fingerprint density at radius 1 is 0.700 bits per heavy atom. The molecule has 1 aromatic heterocycles. The summed E-state index contributed by atoms with van der Waals surface area (Å²) in [4.78, 5) is 7.27. The van der Waals surface area contributed by atoms with Gasteiger partial charge in [-0.05, 0) is 47.5 Å². The number of fused-ring (bicyclic) bond motifs is 5. The summed E-state index contributed by atoms with van der Waals surface area (Å²) in [7, 11) is 0. The summed E-state index contributed by atoms with van der Waals surface area (Å²) < 4.78 is 2.22. The van der Waals surface area contributed by atoms with Gasteiger partial charge in [0.1, 0.15) is 5.82 Å². The van der Waals surface area contributed by atoms with Gasteiger partial charge in [0.15, 0.2) is 5.50 Å². The predicted molar refractivity (Wildman–Crippen MR) is 127 cm³/mol. The van der Waals surface area contributed by atoms with E-state index in [-0.39, 0.29) is 5.50 Å². The molecule has 0 amide bonds. The van der Waals surface area contributed by atoms with Crippen LogP contribution in [0.4, 0.5) is 11.4 Å². The minimum atomic E-state index is -0.190. The van der Waals surface area contributed by atoms with E-state index in [0.717, 1.165) is 33.8 Å². The lowest BCUT2D eigenvalue weighted by Gasteiger charge is -2.38. The highest BCUT2D eigenvalue weighted by molar-refractivity contribution is 7.80. The number of hydrogen-bond donors (Lipinski definition) is 1. The second-order valence-electron chi connectivity index (χ2n) is 7.44. The Balaban J connectivity index is 1.65. The Bertz CT molecular complexity index is 1360. The monoisotopic (exact) mass is 405 g/mol. The van der Waals surface area contributed by atoms with Gasteiger partial charge in [-0.1, -0.05) is 66.7 Å². The first-order valence-electron chi connectivity index (χ1n) is 10.0. The van der Waals surface area contributed by atoms with Crippen LogP contribution in [0.3, 0.4) is 0 Å². The summed E-state index contributed by atoms with van der Waals surface area (Å²) in [6.07, 6.45) is 0. The van der Waals surface area contributed by atoms with Gasteiger partial charge in [0.25, 0.3) is 0 Å². The van der Waals surface area contributed by atoms with Gasteiger partial charge >= 0.3 is 0 Å². The van der Waals surface area contributed by atoms with Crippen molar-refractivity contribution in [2.75, 3.05) is 4.90 Å². The van der Waals surface area contributed by atoms with Gasteiger partial charge in [-0.2, -0.15) is 0 Å². The van der Waals surface area contributed by atoms with E-state index in [9.17, 15) is 0 Å². The van der Waals surface area contributed by atoms with Crippen molar-refractivity contribution in [3.8, 4) is 22.5 Å². The average Bonchev–Trinajstić information content (AvgIpc) is 3.21. The summed E-state index contributed by atoms with van der Waals surface area (Å²) in [5.41, 5.74) is 7.59. The standard InChI is InChI=1S/C26H19N3S/c30-26-28(20-11-5-2-6-12-20)23-16-15-19(18-9-3-1-4-10-18)17-21(23)25-27-22-13-7-8-14-24(22)29(25)26/h1-17,26,30H. The lowest BCUT2D eigenvalue weighted by molar-refractivity contribution is 0.702. The first-order valence-corrected chi connectivity index (χ1v) is 10.5. The highest BCUT2D eigenvalue weighted by Crippen LogP contribution is 2.48. The number of rotatable bonds is 2. The topological polar surface area (TPSA) is 21.1 Å². The minimum absolute atomic E-state index is 0.190. The maximum absolute atomic E-state index is 5.06. The molecule has 3 nitrogen and oxygen atoms in total. The Kier molecular flexibility index (Phi) is 3.93. The largest absolute Gasteiger partial charge is 0.311 e. The molecular formula is C26H19N3S. The van der Waals surface area contributed by atoms with Gasteiger partial charge in [0.05, 0.1) is 16.7 Å². The predicted octanol–water partition coefficient (Wildman–Crippen LogP) is 6.91. The maximum atomic E-state index is 5.06. The minimum Gasteiger partial charge on any atom is -0.311 e. The molecule has 1 aliphatic rings. The molecule has 0 N–H and O–H groups in total. The van der Waals surface area contributed by atoms with Gasteiger partial charge < -0.3 is 4.90 Å². The second kappa shape index (κ2) is 6.78. The van der Waals surface area contributed by atoms with Crippen LogP contribution in [0.25, 0.3) is 33.5 Å². The fourth-order valence-electron chi connectivity index (χ4n) is 4.30. The van der Waals surface area contributed by atoms with E-state index in [2.05, 4.69) is 94.4 Å². The van der Waals surface area contributed by atoms with Crippen molar-refractivity contribution in [3.05, 3.63) is 103 Å². The van der Waals surface area contributed by atoms with Crippen molar-refractivity contribution in [1.29, 1.82) is 0 Å². The molecule has 30 heavy (non-hydrogen) atoms. The van der Waals surface area contributed by atoms with Gasteiger partial charge in [-0.3, -0.25) is 4.57 Å². The molecule has 0 spiro atoms. The molecule has 1 aliphatic heterocycles. The number of benzene rings is 4. The smallest absolute Gasteiger partial charge is 0.157 e. The van der Waals surface area contributed by atoms with Crippen molar-refractivity contribution in [2.45, 2.75) is 5.50 Å². The molecular weight excluding hydrogens is 386 g/mol. The van der Waals surface area contributed by atoms with Gasteiger partial charge in [-0.25, -0.2) is 4.98 Å². The molecule has 0 radical (unpaired) electrons. The fraction of sp³-hybridized carbons (Fsp3) is 0.0385. The van der Waals surface area contributed by atoms with Gasteiger partial charge in [0.2, 0.25) is 0 Å². The summed E-state index contributed by atoms with van der Waals surface area (Å²) >= 11 is 5.06. The molecule has 0 saturated heterocycles. The van der Waals surface area contributed by atoms with Crippen molar-refractivity contribution >= 4 is 35.0 Å². The highest BCUT2D eigenvalue weighted by atomic mass is 32.1. The molecule has 6 rings (SSSR count). The third-order valence-electron chi connectivity index (χ3n) is 5.70. The summed E-state index contributed by atoms with van der Waals surface area (Å²) in [6, 6.07) is 35.8. The molecule has 4 aromatic carbocycles. The molecule has 4 heteroatoms. The number of anilines is 2. The lowest BCUT2D eigenvalue weighted by atomic mass is 9.99. The van der Waals surface area contributed by atoms with Gasteiger partial charge in [0, 0.05) is 11.3 Å². The van der Waals surface area contributed by atoms with E-state index < -0.39 is 0 Å². The molecule has 0 bridgehead atoms. The third kappa shape index (κ3) is 2.57. The van der Waals surface area contributed by atoms with Crippen LogP contribution < -0.4 is 4.90 Å². The zero-order valence-corrected chi connectivity index (χ0v) is 17.1. The number of imidazole rings is 1. The molecule has 2 heterocycles.